The summed E-state index contributed by atoms with van der Waals surface area (Å²) in [4.78, 5) is 4.15. The molecule has 0 bridgehead atoms. The predicted octanol–water partition coefficient (Wildman–Crippen LogP) is 3.34. The van der Waals surface area contributed by atoms with E-state index in [4.69, 9.17) is 4.74 Å². The number of benzene rings is 1. The molecule has 0 amide bonds. The first-order valence-corrected chi connectivity index (χ1v) is 10.3. The number of rotatable bonds is 5. The van der Waals surface area contributed by atoms with Gasteiger partial charge in [0, 0.05) is 12.2 Å². The summed E-state index contributed by atoms with van der Waals surface area (Å²) in [5.74, 6) is 0.716. The van der Waals surface area contributed by atoms with Crippen LogP contribution in [0.4, 0.5) is 19.1 Å². The van der Waals surface area contributed by atoms with Crippen LogP contribution < -0.4 is 5.32 Å². The van der Waals surface area contributed by atoms with Crippen molar-refractivity contribution in [1.82, 2.24) is 19.6 Å². The van der Waals surface area contributed by atoms with Crippen LogP contribution in [0.15, 0.2) is 30.7 Å². The van der Waals surface area contributed by atoms with Gasteiger partial charge in [0.25, 0.3) is 0 Å². The van der Waals surface area contributed by atoms with Gasteiger partial charge in [-0.25, -0.2) is 4.98 Å². The van der Waals surface area contributed by atoms with Crippen LogP contribution in [0, 0.1) is 0 Å². The average Bonchev–Trinajstić information content (AvgIpc) is 3.45. The van der Waals surface area contributed by atoms with E-state index in [2.05, 4.69) is 20.5 Å². The van der Waals surface area contributed by atoms with Gasteiger partial charge in [0.1, 0.15) is 12.0 Å². The number of aliphatic hydroxyl groups is 1. The second-order valence-electron chi connectivity index (χ2n) is 8.19. The van der Waals surface area contributed by atoms with E-state index in [1.807, 2.05) is 6.07 Å². The standard InChI is InChI=1S/C21H22F3N5O2/c22-21(23,24)8-14-7-13(12-1-2-12)3-4-15(14)19-17-9-25-11-29(17)20(28-27-19)26-16-5-6-31-10-18(16)30/h3-4,7,9,11-12,16,18,30H,1-2,5-6,8,10H2,(H,26,28)/t16-,18-/m1/s1. The van der Waals surface area contributed by atoms with Gasteiger partial charge >= 0.3 is 6.18 Å². The summed E-state index contributed by atoms with van der Waals surface area (Å²) in [5, 5.41) is 21.8. The lowest BCUT2D eigenvalue weighted by molar-refractivity contribution is -0.127. The Bertz CT molecular complexity index is 1100. The van der Waals surface area contributed by atoms with Crippen molar-refractivity contribution in [3.05, 3.63) is 41.9 Å². The monoisotopic (exact) mass is 433 g/mol. The Morgan fingerprint density at radius 3 is 2.77 bits per heavy atom. The zero-order valence-electron chi connectivity index (χ0n) is 16.6. The SMILES string of the molecule is O[C@@H]1COCC[C@H]1Nc1nnc(-c2ccc(C3CC3)cc2CC(F)(F)F)c2cncn12. The van der Waals surface area contributed by atoms with Crippen LogP contribution in [0.2, 0.25) is 0 Å². The van der Waals surface area contributed by atoms with Gasteiger partial charge in [-0.1, -0.05) is 18.2 Å². The maximum absolute atomic E-state index is 13.3. The zero-order valence-corrected chi connectivity index (χ0v) is 16.6. The van der Waals surface area contributed by atoms with Crippen molar-refractivity contribution in [1.29, 1.82) is 0 Å². The molecule has 2 N–H and O–H groups in total. The number of nitrogens with one attached hydrogen (secondary N) is 1. The summed E-state index contributed by atoms with van der Waals surface area (Å²) in [5.41, 5.74) is 2.42. The van der Waals surface area contributed by atoms with E-state index in [9.17, 15) is 18.3 Å². The molecular weight excluding hydrogens is 411 g/mol. The smallest absolute Gasteiger partial charge is 0.389 e. The second kappa shape index (κ2) is 7.76. The molecule has 2 fully saturated rings. The summed E-state index contributed by atoms with van der Waals surface area (Å²) in [6, 6.07) is 4.98. The number of anilines is 1. The van der Waals surface area contributed by atoms with Gasteiger partial charge in [0.2, 0.25) is 5.95 Å². The van der Waals surface area contributed by atoms with Gasteiger partial charge in [-0.15, -0.1) is 10.2 Å². The first-order valence-electron chi connectivity index (χ1n) is 10.3. The van der Waals surface area contributed by atoms with Crippen molar-refractivity contribution >= 4 is 11.5 Å². The van der Waals surface area contributed by atoms with E-state index in [0.717, 1.165) is 18.4 Å². The number of hydrogen-bond donors (Lipinski definition) is 2. The second-order valence-corrected chi connectivity index (χ2v) is 8.19. The molecule has 2 atom stereocenters. The number of imidazole rings is 1. The highest BCUT2D eigenvalue weighted by Gasteiger charge is 2.32. The quantitative estimate of drug-likeness (QED) is 0.642. The fourth-order valence-electron chi connectivity index (χ4n) is 4.06. The van der Waals surface area contributed by atoms with Gasteiger partial charge in [-0.05, 0) is 36.3 Å². The van der Waals surface area contributed by atoms with Crippen molar-refractivity contribution in [2.45, 2.75) is 49.9 Å². The van der Waals surface area contributed by atoms with Crippen molar-refractivity contribution in [2.75, 3.05) is 18.5 Å². The zero-order chi connectivity index (χ0) is 21.6. The largest absolute Gasteiger partial charge is 0.393 e. The molecule has 3 aromatic rings. The number of aliphatic hydroxyl groups excluding tert-OH is 1. The number of ether oxygens (including phenoxy) is 1. The highest BCUT2D eigenvalue weighted by molar-refractivity contribution is 5.79. The molecule has 0 unspecified atom stereocenters. The molecular formula is C21H22F3N5O2. The Morgan fingerprint density at radius 1 is 1.19 bits per heavy atom. The maximum Gasteiger partial charge on any atom is 0.393 e. The predicted molar refractivity (Wildman–Crippen MR) is 107 cm³/mol. The number of hydrogen-bond acceptors (Lipinski definition) is 6. The van der Waals surface area contributed by atoms with Gasteiger partial charge in [0.15, 0.2) is 0 Å². The van der Waals surface area contributed by atoms with Gasteiger partial charge in [-0.3, -0.25) is 4.40 Å². The lowest BCUT2D eigenvalue weighted by atomic mass is 9.96. The molecule has 1 aliphatic heterocycles. The molecule has 2 aliphatic rings. The molecule has 1 saturated heterocycles. The van der Waals surface area contributed by atoms with Crippen molar-refractivity contribution < 1.29 is 23.0 Å². The number of nitrogens with zero attached hydrogens (tertiary/aromatic N) is 4. The lowest BCUT2D eigenvalue weighted by Crippen LogP contribution is -2.42. The van der Waals surface area contributed by atoms with E-state index >= 15 is 0 Å². The first kappa shape index (κ1) is 20.2. The first-order chi connectivity index (χ1) is 14.9. The van der Waals surface area contributed by atoms with Crippen LogP contribution >= 0.6 is 0 Å². The third-order valence-electron chi connectivity index (χ3n) is 5.82. The minimum Gasteiger partial charge on any atom is -0.389 e. The molecule has 1 aliphatic carbocycles. The van der Waals surface area contributed by atoms with Crippen LogP contribution in [0.1, 0.15) is 36.3 Å². The van der Waals surface area contributed by atoms with Crippen LogP contribution in [0.5, 0.6) is 0 Å². The molecule has 164 valence electrons. The summed E-state index contributed by atoms with van der Waals surface area (Å²) in [7, 11) is 0. The Hall–Kier alpha value is -2.72. The molecule has 1 aromatic carbocycles. The van der Waals surface area contributed by atoms with E-state index in [0.29, 0.717) is 41.7 Å². The molecule has 1 saturated carbocycles. The highest BCUT2D eigenvalue weighted by Crippen LogP contribution is 2.42. The van der Waals surface area contributed by atoms with E-state index in [1.165, 1.54) is 6.33 Å². The highest BCUT2D eigenvalue weighted by atomic mass is 19.4. The Morgan fingerprint density at radius 2 is 2.03 bits per heavy atom. The maximum atomic E-state index is 13.3. The summed E-state index contributed by atoms with van der Waals surface area (Å²) in [6.07, 6.45) is -0.348. The number of halogens is 3. The van der Waals surface area contributed by atoms with Crippen molar-refractivity contribution in [3.8, 4) is 11.3 Å². The van der Waals surface area contributed by atoms with E-state index < -0.39 is 18.7 Å². The lowest BCUT2D eigenvalue weighted by Gasteiger charge is -2.28. The molecule has 7 nitrogen and oxygen atoms in total. The third kappa shape index (κ3) is 4.22. The average molecular weight is 433 g/mol. The minimum absolute atomic E-state index is 0.190. The van der Waals surface area contributed by atoms with Gasteiger partial charge in [-0.2, -0.15) is 13.2 Å². The third-order valence-corrected chi connectivity index (χ3v) is 5.82. The molecule has 10 heteroatoms. The number of aromatic nitrogens is 4. The molecule has 0 spiro atoms. The fourth-order valence-corrected chi connectivity index (χ4v) is 4.06. The normalized spacial score (nSPS) is 22.1. The van der Waals surface area contributed by atoms with Gasteiger partial charge < -0.3 is 15.2 Å². The topological polar surface area (TPSA) is 84.6 Å². The van der Waals surface area contributed by atoms with Crippen molar-refractivity contribution in [2.24, 2.45) is 0 Å². The summed E-state index contributed by atoms with van der Waals surface area (Å²) in [6.45, 7) is 0.742. The fraction of sp³-hybridized carbons (Fsp3) is 0.476. The van der Waals surface area contributed by atoms with Crippen molar-refractivity contribution in [3.63, 3.8) is 0 Å². The minimum atomic E-state index is -4.33. The number of alkyl halides is 3. The molecule has 5 rings (SSSR count). The molecule has 31 heavy (non-hydrogen) atoms. The summed E-state index contributed by atoms with van der Waals surface area (Å²) < 4.78 is 46.8. The number of fused-ring (bicyclic) bond motifs is 1. The molecule has 2 aromatic heterocycles. The van der Waals surface area contributed by atoms with E-state index in [1.54, 1.807) is 22.7 Å². The summed E-state index contributed by atoms with van der Waals surface area (Å²) >= 11 is 0. The molecule has 0 radical (unpaired) electrons. The Kier molecular flexibility index (Phi) is 5.05. The van der Waals surface area contributed by atoms with Crippen LogP contribution in [0.3, 0.4) is 0 Å². The van der Waals surface area contributed by atoms with Crippen LogP contribution in [-0.4, -0.2) is 56.2 Å². The Labute approximate surface area is 176 Å². The van der Waals surface area contributed by atoms with Crippen LogP contribution in [0.25, 0.3) is 16.8 Å². The van der Waals surface area contributed by atoms with Crippen LogP contribution in [-0.2, 0) is 11.2 Å². The van der Waals surface area contributed by atoms with Gasteiger partial charge in [0.05, 0.1) is 36.9 Å². The molecule has 3 heterocycles. The van der Waals surface area contributed by atoms with E-state index in [-0.39, 0.29) is 18.2 Å². The Balaban J connectivity index is 1.54.